The van der Waals surface area contributed by atoms with Crippen LogP contribution in [0.1, 0.15) is 32.8 Å². The smallest absolute Gasteiger partial charge is 0.265 e. The lowest BCUT2D eigenvalue weighted by Crippen LogP contribution is -2.37. The van der Waals surface area contributed by atoms with Crippen LogP contribution in [0.25, 0.3) is 15.9 Å². The van der Waals surface area contributed by atoms with Crippen LogP contribution in [0.2, 0.25) is 0 Å². The third kappa shape index (κ3) is 2.57. The molecule has 1 atom stereocenters. The van der Waals surface area contributed by atoms with Crippen LogP contribution >= 0.6 is 11.3 Å². The van der Waals surface area contributed by atoms with Crippen molar-refractivity contribution in [3.05, 3.63) is 64.4 Å². The van der Waals surface area contributed by atoms with E-state index in [1.54, 1.807) is 11.0 Å². The van der Waals surface area contributed by atoms with Crippen LogP contribution < -0.4 is 10.6 Å². The first-order chi connectivity index (χ1) is 13.1. The summed E-state index contributed by atoms with van der Waals surface area (Å²) in [6.07, 6.45) is 1.22. The predicted octanol–water partition coefficient (Wildman–Crippen LogP) is 3.35. The van der Waals surface area contributed by atoms with Gasteiger partial charge < -0.3 is 10.6 Å². The molecule has 134 valence electrons. The summed E-state index contributed by atoms with van der Waals surface area (Å²) in [6.45, 7) is 4.00. The summed E-state index contributed by atoms with van der Waals surface area (Å²) < 4.78 is 0. The number of amides is 1. The Kier molecular flexibility index (Phi) is 3.48. The number of fused-ring (bicyclic) bond motifs is 3. The Morgan fingerprint density at radius 1 is 1.15 bits per heavy atom. The van der Waals surface area contributed by atoms with E-state index in [0.29, 0.717) is 10.6 Å². The van der Waals surface area contributed by atoms with Crippen molar-refractivity contribution in [2.75, 3.05) is 5.32 Å². The standard InChI is InChI=1S/C19H16N6OS/c1-10-8-11(2)21-19-14(10)15-16(27-19)18(26)23-17(22-15)13-9-20-25(24-13)12-6-4-3-5-7-12/h3-9,17,22H,1-2H3,(H,23,26)/t17-/m1/s1. The molecule has 1 amide bonds. The Morgan fingerprint density at radius 2 is 1.96 bits per heavy atom. The van der Waals surface area contributed by atoms with Crippen molar-refractivity contribution in [2.45, 2.75) is 20.0 Å². The van der Waals surface area contributed by atoms with Gasteiger partial charge in [0.15, 0.2) is 0 Å². The van der Waals surface area contributed by atoms with E-state index in [0.717, 1.165) is 32.8 Å². The van der Waals surface area contributed by atoms with Gasteiger partial charge >= 0.3 is 0 Å². The molecule has 0 spiro atoms. The minimum absolute atomic E-state index is 0.122. The van der Waals surface area contributed by atoms with E-state index in [1.165, 1.54) is 11.3 Å². The van der Waals surface area contributed by atoms with E-state index in [2.05, 4.69) is 25.8 Å². The van der Waals surface area contributed by atoms with Gasteiger partial charge in [0.05, 0.1) is 17.6 Å². The minimum atomic E-state index is -0.444. The highest BCUT2D eigenvalue weighted by molar-refractivity contribution is 7.21. The third-order valence-corrected chi connectivity index (χ3v) is 5.63. The van der Waals surface area contributed by atoms with Crippen molar-refractivity contribution >= 4 is 33.1 Å². The largest absolute Gasteiger partial charge is 0.358 e. The molecule has 1 aliphatic heterocycles. The van der Waals surface area contributed by atoms with Crippen molar-refractivity contribution < 1.29 is 4.79 Å². The number of para-hydroxylation sites is 1. The highest BCUT2D eigenvalue weighted by atomic mass is 32.1. The molecule has 1 aromatic carbocycles. The van der Waals surface area contributed by atoms with Gasteiger partial charge in [-0.05, 0) is 37.6 Å². The molecule has 27 heavy (non-hydrogen) atoms. The number of benzene rings is 1. The molecule has 0 bridgehead atoms. The average molecular weight is 376 g/mol. The second-order valence-electron chi connectivity index (χ2n) is 6.51. The van der Waals surface area contributed by atoms with E-state index in [4.69, 9.17) is 0 Å². The van der Waals surface area contributed by atoms with Gasteiger partial charge in [-0.3, -0.25) is 4.79 Å². The van der Waals surface area contributed by atoms with Gasteiger partial charge in [-0.1, -0.05) is 18.2 Å². The number of nitrogens with one attached hydrogen (secondary N) is 2. The molecule has 4 heterocycles. The topological polar surface area (TPSA) is 84.7 Å². The molecule has 4 aromatic rings. The zero-order valence-electron chi connectivity index (χ0n) is 14.7. The Bertz CT molecular complexity index is 1180. The molecular weight excluding hydrogens is 360 g/mol. The summed E-state index contributed by atoms with van der Waals surface area (Å²) in [5.41, 5.74) is 4.38. The van der Waals surface area contributed by atoms with Gasteiger partial charge in [0, 0.05) is 11.1 Å². The molecule has 3 aromatic heterocycles. The molecule has 0 saturated heterocycles. The van der Waals surface area contributed by atoms with Crippen molar-refractivity contribution in [3.63, 3.8) is 0 Å². The number of aromatic nitrogens is 4. The number of hydrogen-bond donors (Lipinski definition) is 2. The Labute approximate surface area is 159 Å². The summed E-state index contributed by atoms with van der Waals surface area (Å²) in [5, 5.41) is 16.2. The summed E-state index contributed by atoms with van der Waals surface area (Å²) in [7, 11) is 0. The van der Waals surface area contributed by atoms with Gasteiger partial charge in [-0.25, -0.2) is 4.98 Å². The minimum Gasteiger partial charge on any atom is -0.358 e. The van der Waals surface area contributed by atoms with Crippen LogP contribution in [0.4, 0.5) is 5.69 Å². The summed E-state index contributed by atoms with van der Waals surface area (Å²) in [5.74, 6) is -0.122. The first kappa shape index (κ1) is 16.0. The van der Waals surface area contributed by atoms with Crippen LogP contribution in [-0.4, -0.2) is 25.9 Å². The van der Waals surface area contributed by atoms with Gasteiger partial charge in [-0.15, -0.1) is 16.4 Å². The maximum Gasteiger partial charge on any atom is 0.265 e. The number of pyridine rings is 1. The summed E-state index contributed by atoms with van der Waals surface area (Å²) in [6, 6.07) is 11.7. The summed E-state index contributed by atoms with van der Waals surface area (Å²) in [4.78, 5) is 20.3. The lowest BCUT2D eigenvalue weighted by molar-refractivity contribution is 0.0939. The Balaban J connectivity index is 1.55. The van der Waals surface area contributed by atoms with E-state index in [9.17, 15) is 4.79 Å². The molecule has 8 heteroatoms. The van der Waals surface area contributed by atoms with E-state index in [1.807, 2.05) is 50.2 Å². The van der Waals surface area contributed by atoms with Crippen LogP contribution in [0.3, 0.4) is 0 Å². The van der Waals surface area contributed by atoms with Crippen molar-refractivity contribution in [1.82, 2.24) is 25.3 Å². The van der Waals surface area contributed by atoms with Gasteiger partial charge in [0.25, 0.3) is 5.91 Å². The molecule has 0 fully saturated rings. The molecule has 1 aliphatic rings. The van der Waals surface area contributed by atoms with E-state index < -0.39 is 6.17 Å². The fraction of sp³-hybridized carbons (Fsp3) is 0.158. The fourth-order valence-electron chi connectivity index (χ4n) is 3.36. The molecule has 2 N–H and O–H groups in total. The van der Waals surface area contributed by atoms with Gasteiger partial charge in [-0.2, -0.15) is 9.90 Å². The summed E-state index contributed by atoms with van der Waals surface area (Å²) >= 11 is 1.41. The third-order valence-electron chi connectivity index (χ3n) is 4.55. The van der Waals surface area contributed by atoms with Crippen LogP contribution in [0.5, 0.6) is 0 Å². The number of rotatable bonds is 2. The van der Waals surface area contributed by atoms with Crippen molar-refractivity contribution in [2.24, 2.45) is 0 Å². The van der Waals surface area contributed by atoms with Crippen molar-refractivity contribution in [3.8, 4) is 5.69 Å². The number of nitrogens with zero attached hydrogens (tertiary/aromatic N) is 4. The quantitative estimate of drug-likeness (QED) is 0.560. The maximum atomic E-state index is 12.7. The maximum absolute atomic E-state index is 12.7. The van der Waals surface area contributed by atoms with Crippen molar-refractivity contribution in [1.29, 1.82) is 0 Å². The van der Waals surface area contributed by atoms with Crippen LogP contribution in [0, 0.1) is 13.8 Å². The molecule has 0 saturated carbocycles. The molecule has 5 rings (SSSR count). The Morgan fingerprint density at radius 3 is 2.78 bits per heavy atom. The number of hydrogen-bond acceptors (Lipinski definition) is 6. The average Bonchev–Trinajstić information content (AvgIpc) is 3.27. The highest BCUT2D eigenvalue weighted by Crippen LogP contribution is 2.40. The number of carbonyl (C=O) groups excluding carboxylic acids is 1. The lowest BCUT2D eigenvalue weighted by Gasteiger charge is -2.24. The number of carbonyl (C=O) groups is 1. The number of anilines is 1. The SMILES string of the molecule is Cc1cc(C)c2c3c(sc2n1)C(=O)N[C@H](c1cnn(-c2ccccc2)n1)N3. The molecular formula is C19H16N6OS. The molecule has 0 aliphatic carbocycles. The van der Waals surface area contributed by atoms with Crippen LogP contribution in [0.15, 0.2) is 42.6 Å². The predicted molar refractivity (Wildman–Crippen MR) is 104 cm³/mol. The van der Waals surface area contributed by atoms with Gasteiger partial charge in [0.1, 0.15) is 21.6 Å². The monoisotopic (exact) mass is 376 g/mol. The zero-order valence-corrected chi connectivity index (χ0v) is 15.5. The van der Waals surface area contributed by atoms with Gasteiger partial charge in [0.2, 0.25) is 0 Å². The molecule has 7 nitrogen and oxygen atoms in total. The second kappa shape index (κ2) is 5.88. The molecule has 0 unspecified atom stereocenters. The van der Waals surface area contributed by atoms with Crippen LogP contribution in [-0.2, 0) is 0 Å². The number of thiophene rings is 1. The zero-order chi connectivity index (χ0) is 18.5. The first-order valence-corrected chi connectivity index (χ1v) is 9.37. The normalized spacial score (nSPS) is 16.1. The first-order valence-electron chi connectivity index (χ1n) is 8.56. The highest BCUT2D eigenvalue weighted by Gasteiger charge is 2.31. The second-order valence-corrected chi connectivity index (χ2v) is 7.51. The van der Waals surface area contributed by atoms with E-state index in [-0.39, 0.29) is 5.91 Å². The fourth-order valence-corrected chi connectivity index (χ4v) is 4.52. The van der Waals surface area contributed by atoms with E-state index >= 15 is 0 Å². The Hall–Kier alpha value is -3.26. The lowest BCUT2D eigenvalue weighted by atomic mass is 10.1. The number of aryl methyl sites for hydroxylation is 2. The molecule has 0 radical (unpaired) electrons.